The summed E-state index contributed by atoms with van der Waals surface area (Å²) in [6, 6.07) is 7.10. The lowest BCUT2D eigenvalue weighted by Crippen LogP contribution is -2.04. The molecule has 0 fully saturated rings. The Morgan fingerprint density at radius 1 is 1.09 bits per heavy atom. The first kappa shape index (κ1) is 15.5. The average Bonchev–Trinajstić information content (AvgIpc) is 2.46. The number of carbonyl (C=O) groups is 1. The van der Waals surface area contributed by atoms with Gasteiger partial charge in [0.2, 0.25) is 0 Å². The van der Waals surface area contributed by atoms with E-state index in [9.17, 15) is 28.1 Å². The number of hydrogen-bond acceptors (Lipinski definition) is 3. The minimum Gasteiger partial charge on any atom is -0.478 e. The van der Waals surface area contributed by atoms with Crippen LogP contribution in [0, 0.1) is 10.1 Å². The Morgan fingerprint density at radius 2 is 1.77 bits per heavy atom. The molecular formula is C14H8F3NO4. The molecular weight excluding hydrogens is 303 g/mol. The van der Waals surface area contributed by atoms with E-state index in [0.29, 0.717) is 0 Å². The highest BCUT2D eigenvalue weighted by molar-refractivity contribution is 5.90. The largest absolute Gasteiger partial charge is 0.478 e. The van der Waals surface area contributed by atoms with E-state index in [4.69, 9.17) is 5.11 Å². The molecule has 2 rings (SSSR count). The zero-order chi connectivity index (χ0) is 16.5. The fraction of sp³-hybridized carbons (Fsp3) is 0.0714. The number of hydrogen-bond donors (Lipinski definition) is 1. The van der Waals surface area contributed by atoms with E-state index in [0.717, 1.165) is 36.4 Å². The van der Waals surface area contributed by atoms with Crippen molar-refractivity contribution in [1.29, 1.82) is 0 Å². The molecule has 0 atom stereocenters. The monoisotopic (exact) mass is 311 g/mol. The second kappa shape index (κ2) is 5.47. The molecule has 2 aromatic rings. The summed E-state index contributed by atoms with van der Waals surface area (Å²) in [5, 5.41) is 19.8. The number of nitrogens with zero attached hydrogens (tertiary/aromatic N) is 1. The number of non-ortho nitro benzene ring substituents is 1. The van der Waals surface area contributed by atoms with Gasteiger partial charge in [0, 0.05) is 12.1 Å². The first-order valence-electron chi connectivity index (χ1n) is 5.89. The molecule has 0 aliphatic heterocycles. The lowest BCUT2D eigenvalue weighted by Gasteiger charge is -2.09. The molecule has 0 saturated heterocycles. The van der Waals surface area contributed by atoms with Crippen LogP contribution in [0.15, 0.2) is 42.5 Å². The summed E-state index contributed by atoms with van der Waals surface area (Å²) in [4.78, 5) is 21.0. The van der Waals surface area contributed by atoms with Gasteiger partial charge in [0.15, 0.2) is 0 Å². The highest BCUT2D eigenvalue weighted by Crippen LogP contribution is 2.33. The van der Waals surface area contributed by atoms with E-state index in [1.807, 2.05) is 0 Å². The molecule has 0 bridgehead atoms. The second-order valence-corrected chi connectivity index (χ2v) is 4.41. The van der Waals surface area contributed by atoms with Gasteiger partial charge >= 0.3 is 12.1 Å². The zero-order valence-corrected chi connectivity index (χ0v) is 10.8. The van der Waals surface area contributed by atoms with Crippen molar-refractivity contribution in [1.82, 2.24) is 0 Å². The van der Waals surface area contributed by atoms with E-state index in [-0.39, 0.29) is 16.7 Å². The van der Waals surface area contributed by atoms with Crippen LogP contribution in [-0.2, 0) is 6.18 Å². The summed E-state index contributed by atoms with van der Waals surface area (Å²) in [6.45, 7) is 0. The molecule has 8 heteroatoms. The Bertz CT molecular complexity index is 724. The number of halogens is 3. The van der Waals surface area contributed by atoms with Gasteiger partial charge in [-0.15, -0.1) is 0 Å². The molecule has 114 valence electrons. The molecule has 1 N–H and O–H groups in total. The van der Waals surface area contributed by atoms with Gasteiger partial charge in [-0.25, -0.2) is 4.79 Å². The molecule has 0 aliphatic carbocycles. The number of alkyl halides is 3. The predicted molar refractivity (Wildman–Crippen MR) is 70.5 cm³/mol. The summed E-state index contributed by atoms with van der Waals surface area (Å²) in [5.41, 5.74) is -1.74. The third-order valence-electron chi connectivity index (χ3n) is 2.90. The van der Waals surface area contributed by atoms with Crippen LogP contribution in [0.25, 0.3) is 11.1 Å². The van der Waals surface area contributed by atoms with E-state index in [1.54, 1.807) is 0 Å². The van der Waals surface area contributed by atoms with Crippen LogP contribution in [0.3, 0.4) is 0 Å². The highest BCUT2D eigenvalue weighted by atomic mass is 19.4. The second-order valence-electron chi connectivity index (χ2n) is 4.41. The van der Waals surface area contributed by atoms with Crippen LogP contribution in [0.1, 0.15) is 15.9 Å². The molecule has 0 unspecified atom stereocenters. The SMILES string of the molecule is O=C(O)c1cc(-c2cccc(C(F)(F)F)c2)cc([N+](=O)[O-])c1. The van der Waals surface area contributed by atoms with Gasteiger partial charge in [0.1, 0.15) is 0 Å². The van der Waals surface area contributed by atoms with Crippen LogP contribution in [-0.4, -0.2) is 16.0 Å². The number of aromatic carboxylic acids is 1. The summed E-state index contributed by atoms with van der Waals surface area (Å²) in [6.07, 6.45) is -4.56. The molecule has 0 aliphatic rings. The van der Waals surface area contributed by atoms with E-state index >= 15 is 0 Å². The van der Waals surface area contributed by atoms with Gasteiger partial charge in [-0.1, -0.05) is 12.1 Å². The lowest BCUT2D eigenvalue weighted by molar-refractivity contribution is -0.384. The first-order valence-corrected chi connectivity index (χ1v) is 5.89. The summed E-state index contributed by atoms with van der Waals surface area (Å²) in [5.74, 6) is -1.41. The molecule has 0 aromatic heterocycles. The van der Waals surface area contributed by atoms with Crippen molar-refractivity contribution < 1.29 is 28.0 Å². The maximum Gasteiger partial charge on any atom is 0.416 e. The number of rotatable bonds is 3. The van der Waals surface area contributed by atoms with Crippen molar-refractivity contribution >= 4 is 11.7 Å². The Hall–Kier alpha value is -2.90. The predicted octanol–water partition coefficient (Wildman–Crippen LogP) is 3.98. The molecule has 0 spiro atoms. The lowest BCUT2D eigenvalue weighted by atomic mass is 10.00. The summed E-state index contributed by atoms with van der Waals surface area (Å²) >= 11 is 0. The van der Waals surface area contributed by atoms with Crippen LogP contribution in [0.2, 0.25) is 0 Å². The third kappa shape index (κ3) is 3.22. The third-order valence-corrected chi connectivity index (χ3v) is 2.90. The number of nitro groups is 1. The van der Waals surface area contributed by atoms with Gasteiger partial charge in [-0.2, -0.15) is 13.2 Å². The molecule has 22 heavy (non-hydrogen) atoms. The number of nitro benzene ring substituents is 1. The quantitative estimate of drug-likeness (QED) is 0.686. The molecule has 2 aromatic carbocycles. The number of carboxylic acid groups (broad SMARTS) is 1. The minimum absolute atomic E-state index is 0.0256. The average molecular weight is 311 g/mol. The fourth-order valence-electron chi connectivity index (χ4n) is 1.88. The summed E-state index contributed by atoms with van der Waals surface area (Å²) in [7, 11) is 0. The van der Waals surface area contributed by atoms with Crippen molar-refractivity contribution in [3.8, 4) is 11.1 Å². The van der Waals surface area contributed by atoms with Crippen LogP contribution >= 0.6 is 0 Å². The standard InChI is InChI=1S/C14H8F3NO4/c15-14(16,17)11-3-1-2-8(5-11)9-4-10(13(19)20)7-12(6-9)18(21)22/h1-7H,(H,19,20). The van der Waals surface area contributed by atoms with E-state index in [1.165, 1.54) is 6.07 Å². The minimum atomic E-state index is -4.56. The smallest absolute Gasteiger partial charge is 0.416 e. The Balaban J connectivity index is 2.61. The maximum atomic E-state index is 12.7. The maximum absolute atomic E-state index is 12.7. The number of benzene rings is 2. The van der Waals surface area contributed by atoms with Crippen molar-refractivity contribution in [2.75, 3.05) is 0 Å². The van der Waals surface area contributed by atoms with Crippen molar-refractivity contribution in [2.45, 2.75) is 6.18 Å². The molecule has 5 nitrogen and oxygen atoms in total. The van der Waals surface area contributed by atoms with Gasteiger partial charge in [0.25, 0.3) is 5.69 Å². The Kier molecular flexibility index (Phi) is 3.85. The van der Waals surface area contributed by atoms with Gasteiger partial charge in [0.05, 0.1) is 16.1 Å². The number of carboxylic acids is 1. The van der Waals surface area contributed by atoms with Gasteiger partial charge in [-0.05, 0) is 29.3 Å². The molecule has 0 amide bonds. The Morgan fingerprint density at radius 3 is 2.32 bits per heavy atom. The molecule has 0 radical (unpaired) electrons. The van der Waals surface area contributed by atoms with Crippen molar-refractivity contribution in [3.05, 3.63) is 63.7 Å². The molecule has 0 saturated carbocycles. The van der Waals surface area contributed by atoms with Crippen LogP contribution in [0.4, 0.5) is 18.9 Å². The zero-order valence-electron chi connectivity index (χ0n) is 10.8. The van der Waals surface area contributed by atoms with Gasteiger partial charge < -0.3 is 5.11 Å². The van der Waals surface area contributed by atoms with E-state index in [2.05, 4.69) is 0 Å². The van der Waals surface area contributed by atoms with Crippen molar-refractivity contribution in [3.63, 3.8) is 0 Å². The normalized spacial score (nSPS) is 11.2. The fourth-order valence-corrected chi connectivity index (χ4v) is 1.88. The highest BCUT2D eigenvalue weighted by Gasteiger charge is 2.30. The van der Waals surface area contributed by atoms with Crippen molar-refractivity contribution in [2.24, 2.45) is 0 Å². The summed E-state index contributed by atoms with van der Waals surface area (Å²) < 4.78 is 38.1. The topological polar surface area (TPSA) is 80.4 Å². The van der Waals surface area contributed by atoms with E-state index < -0.39 is 28.3 Å². The van der Waals surface area contributed by atoms with Gasteiger partial charge in [-0.3, -0.25) is 10.1 Å². The Labute approximate surface area is 121 Å². The molecule has 0 heterocycles. The first-order chi connectivity index (χ1) is 10.2. The van der Waals surface area contributed by atoms with Crippen LogP contribution in [0.5, 0.6) is 0 Å². The van der Waals surface area contributed by atoms with Crippen LogP contribution < -0.4 is 0 Å².